The summed E-state index contributed by atoms with van der Waals surface area (Å²) in [6, 6.07) is 0.941. The predicted octanol–water partition coefficient (Wildman–Crippen LogP) is -1.70. The van der Waals surface area contributed by atoms with Crippen molar-refractivity contribution in [2.75, 3.05) is 0 Å². The van der Waals surface area contributed by atoms with Crippen LogP contribution in [0.15, 0.2) is 36.8 Å². The van der Waals surface area contributed by atoms with Gasteiger partial charge in [0.15, 0.2) is 0 Å². The topological polar surface area (TPSA) is 243 Å². The number of nitrogens with one attached hydrogen (secondary N) is 4. The lowest BCUT2D eigenvalue weighted by molar-refractivity contribution is -0.142. The van der Waals surface area contributed by atoms with Crippen molar-refractivity contribution in [1.82, 2.24) is 25.9 Å². The molecule has 0 aliphatic rings. The Labute approximate surface area is 218 Å². The summed E-state index contributed by atoms with van der Waals surface area (Å²) >= 11 is 0. The fraction of sp³-hybridized carbons (Fsp3) is 0.417. The van der Waals surface area contributed by atoms with Crippen LogP contribution in [0, 0.1) is 5.92 Å². The summed E-state index contributed by atoms with van der Waals surface area (Å²) in [5.41, 5.74) is 11.8. The standard InChI is InChI=1S/C24H33N7O7/c1-12(2)20(31-21(34)16(25)9-19(26)33)23(36)29-17(7-13-3-5-15(32)6-4-13)22(35)30-18(24(37)38)8-14-10-27-11-28-14/h3-6,10-12,16-18,20,32H,7-9,25H2,1-2H3,(H2,26,33)(H,27,28)(H,29,36)(H,30,35)(H,31,34)(H,37,38). The van der Waals surface area contributed by atoms with Crippen LogP contribution in [0.5, 0.6) is 5.75 Å². The van der Waals surface area contributed by atoms with Gasteiger partial charge in [-0.25, -0.2) is 9.78 Å². The number of aromatic nitrogens is 2. The van der Waals surface area contributed by atoms with Crippen molar-refractivity contribution in [2.45, 2.75) is 57.3 Å². The van der Waals surface area contributed by atoms with E-state index in [0.717, 1.165) is 0 Å². The zero-order chi connectivity index (χ0) is 28.4. The molecule has 1 aromatic carbocycles. The van der Waals surface area contributed by atoms with E-state index in [9.17, 15) is 34.2 Å². The SMILES string of the molecule is CC(C)C(NC(=O)C(N)CC(N)=O)C(=O)NC(Cc1ccc(O)cc1)C(=O)NC(Cc1cnc[nH]1)C(=O)O. The minimum Gasteiger partial charge on any atom is -0.508 e. The Bertz CT molecular complexity index is 1120. The molecule has 0 saturated heterocycles. The maximum Gasteiger partial charge on any atom is 0.326 e. The molecule has 2 rings (SSSR count). The van der Waals surface area contributed by atoms with E-state index in [1.807, 2.05) is 0 Å². The van der Waals surface area contributed by atoms with Gasteiger partial charge in [0.05, 0.1) is 18.8 Å². The Morgan fingerprint density at radius 2 is 1.58 bits per heavy atom. The molecular formula is C24H33N7O7. The highest BCUT2D eigenvalue weighted by Gasteiger charge is 2.32. The minimum absolute atomic E-state index is 0.000769. The number of primary amides is 1. The normalized spacial score (nSPS) is 14.1. The van der Waals surface area contributed by atoms with Crippen LogP contribution < -0.4 is 27.4 Å². The minimum atomic E-state index is -1.32. The molecule has 0 spiro atoms. The van der Waals surface area contributed by atoms with Gasteiger partial charge in [0.2, 0.25) is 23.6 Å². The van der Waals surface area contributed by atoms with E-state index in [4.69, 9.17) is 11.5 Å². The van der Waals surface area contributed by atoms with Crippen molar-refractivity contribution in [2.24, 2.45) is 17.4 Å². The van der Waals surface area contributed by atoms with Gasteiger partial charge in [0, 0.05) is 24.7 Å². The van der Waals surface area contributed by atoms with Crippen molar-refractivity contribution in [3.63, 3.8) is 0 Å². The van der Waals surface area contributed by atoms with Crippen LogP contribution in [0.3, 0.4) is 0 Å². The zero-order valence-corrected chi connectivity index (χ0v) is 21.0. The first-order valence-corrected chi connectivity index (χ1v) is 11.8. The van der Waals surface area contributed by atoms with Gasteiger partial charge >= 0.3 is 5.97 Å². The highest BCUT2D eigenvalue weighted by Crippen LogP contribution is 2.13. The summed E-state index contributed by atoms with van der Waals surface area (Å²) in [5, 5.41) is 26.7. The summed E-state index contributed by atoms with van der Waals surface area (Å²) in [6.45, 7) is 3.31. The van der Waals surface area contributed by atoms with Gasteiger partial charge in [0.1, 0.15) is 23.9 Å². The second-order valence-electron chi connectivity index (χ2n) is 9.12. The number of aromatic amines is 1. The maximum absolute atomic E-state index is 13.2. The first kappa shape index (κ1) is 29.8. The van der Waals surface area contributed by atoms with Gasteiger partial charge in [-0.1, -0.05) is 26.0 Å². The number of phenolic OH excluding ortho intramolecular Hbond substituents is 1. The Morgan fingerprint density at radius 3 is 2.11 bits per heavy atom. The predicted molar refractivity (Wildman–Crippen MR) is 134 cm³/mol. The van der Waals surface area contributed by atoms with Crippen LogP contribution in [0.25, 0.3) is 0 Å². The highest BCUT2D eigenvalue weighted by molar-refractivity contribution is 5.95. The summed E-state index contributed by atoms with van der Waals surface area (Å²) in [6.07, 6.45) is 2.25. The number of rotatable bonds is 14. The fourth-order valence-electron chi connectivity index (χ4n) is 3.53. The number of nitrogens with two attached hydrogens (primary N) is 2. The van der Waals surface area contributed by atoms with E-state index in [-0.39, 0.29) is 18.6 Å². The fourth-order valence-corrected chi connectivity index (χ4v) is 3.53. The Balaban J connectivity index is 2.24. The quantitative estimate of drug-likeness (QED) is 0.138. The first-order chi connectivity index (χ1) is 17.9. The Kier molecular flexibility index (Phi) is 10.8. The number of carbonyl (C=O) groups is 5. The van der Waals surface area contributed by atoms with Crippen LogP contribution in [-0.2, 0) is 36.8 Å². The number of imidazole rings is 1. The number of aliphatic carboxylic acids is 1. The van der Waals surface area contributed by atoms with Crippen molar-refractivity contribution in [3.05, 3.63) is 48.0 Å². The van der Waals surface area contributed by atoms with Crippen molar-refractivity contribution >= 4 is 29.6 Å². The molecule has 1 heterocycles. The number of hydrogen-bond acceptors (Lipinski definition) is 8. The van der Waals surface area contributed by atoms with Gasteiger partial charge in [-0.15, -0.1) is 0 Å². The highest BCUT2D eigenvalue weighted by atomic mass is 16.4. The van der Waals surface area contributed by atoms with Crippen LogP contribution in [0.2, 0.25) is 0 Å². The number of nitrogens with zero attached hydrogens (tertiary/aromatic N) is 1. The number of amides is 4. The number of benzene rings is 1. The summed E-state index contributed by atoms with van der Waals surface area (Å²) in [4.78, 5) is 68.3. The molecule has 4 amide bonds. The van der Waals surface area contributed by atoms with Crippen molar-refractivity contribution < 1.29 is 34.2 Å². The van der Waals surface area contributed by atoms with E-state index >= 15 is 0 Å². The number of aromatic hydroxyl groups is 1. The molecule has 0 bridgehead atoms. The lowest BCUT2D eigenvalue weighted by atomic mass is 10.00. The summed E-state index contributed by atoms with van der Waals surface area (Å²) in [5.74, 6) is -4.80. The van der Waals surface area contributed by atoms with E-state index in [1.165, 1.54) is 24.7 Å². The molecule has 0 aliphatic carbocycles. The van der Waals surface area contributed by atoms with Crippen LogP contribution in [0.1, 0.15) is 31.5 Å². The van der Waals surface area contributed by atoms with E-state index in [2.05, 4.69) is 25.9 Å². The smallest absolute Gasteiger partial charge is 0.326 e. The van der Waals surface area contributed by atoms with E-state index < -0.39 is 66.1 Å². The third kappa shape index (κ3) is 9.20. The number of carboxylic acids is 1. The lowest BCUT2D eigenvalue weighted by Crippen LogP contribution is -2.59. The Morgan fingerprint density at radius 1 is 0.947 bits per heavy atom. The van der Waals surface area contributed by atoms with Gasteiger partial charge in [-0.05, 0) is 23.6 Å². The number of phenols is 1. The molecule has 0 saturated carbocycles. The van der Waals surface area contributed by atoms with Gasteiger partial charge in [0.25, 0.3) is 0 Å². The number of carboxylic acid groups (broad SMARTS) is 1. The third-order valence-electron chi connectivity index (χ3n) is 5.61. The molecule has 14 nitrogen and oxygen atoms in total. The van der Waals surface area contributed by atoms with E-state index in [1.54, 1.807) is 26.0 Å². The molecule has 0 radical (unpaired) electrons. The molecule has 38 heavy (non-hydrogen) atoms. The molecule has 4 unspecified atom stereocenters. The van der Waals surface area contributed by atoms with Crippen molar-refractivity contribution in [1.29, 1.82) is 0 Å². The largest absolute Gasteiger partial charge is 0.508 e. The average molecular weight is 532 g/mol. The average Bonchev–Trinajstić information content (AvgIpc) is 3.35. The molecular weight excluding hydrogens is 498 g/mol. The van der Waals surface area contributed by atoms with Gasteiger partial charge in [-0.3, -0.25) is 19.2 Å². The third-order valence-corrected chi connectivity index (χ3v) is 5.61. The molecule has 4 atom stereocenters. The summed E-state index contributed by atoms with van der Waals surface area (Å²) < 4.78 is 0. The lowest BCUT2D eigenvalue weighted by Gasteiger charge is -2.27. The molecule has 0 aliphatic heterocycles. The summed E-state index contributed by atoms with van der Waals surface area (Å²) in [7, 11) is 0. The number of H-pyrrole nitrogens is 1. The molecule has 1 aromatic heterocycles. The van der Waals surface area contributed by atoms with Gasteiger partial charge in [-0.2, -0.15) is 0 Å². The monoisotopic (exact) mass is 531 g/mol. The van der Waals surface area contributed by atoms with Crippen LogP contribution in [0.4, 0.5) is 0 Å². The molecule has 2 aromatic rings. The van der Waals surface area contributed by atoms with Gasteiger partial charge < -0.3 is 42.6 Å². The molecule has 10 N–H and O–H groups in total. The van der Waals surface area contributed by atoms with E-state index in [0.29, 0.717) is 11.3 Å². The second kappa shape index (κ2) is 13.7. The molecule has 206 valence electrons. The number of carbonyl (C=O) groups excluding carboxylic acids is 4. The first-order valence-electron chi connectivity index (χ1n) is 11.8. The molecule has 14 heteroatoms. The van der Waals surface area contributed by atoms with Crippen LogP contribution >= 0.6 is 0 Å². The van der Waals surface area contributed by atoms with Crippen LogP contribution in [-0.4, -0.2) is 73.9 Å². The molecule has 0 fully saturated rings. The Hall–Kier alpha value is -4.46. The second-order valence-corrected chi connectivity index (χ2v) is 9.12. The maximum atomic E-state index is 13.2. The number of hydrogen-bond donors (Lipinski definition) is 8. The zero-order valence-electron chi connectivity index (χ0n) is 21.0. The van der Waals surface area contributed by atoms with Crippen molar-refractivity contribution in [3.8, 4) is 5.75 Å².